The molecular weight excluding hydrogens is 399 g/mol. The van der Waals surface area contributed by atoms with Gasteiger partial charge in [0.1, 0.15) is 11.4 Å². The number of carbonyl (C=O) groups excluding carboxylic acids is 1. The van der Waals surface area contributed by atoms with Crippen LogP contribution in [0.1, 0.15) is 36.8 Å². The molecular formula is C21H18Cl2N2O3. The first-order valence-corrected chi connectivity index (χ1v) is 9.63. The number of nitrogens with zero attached hydrogens (tertiary/aromatic N) is 2. The van der Waals surface area contributed by atoms with Crippen molar-refractivity contribution < 1.29 is 14.3 Å². The van der Waals surface area contributed by atoms with Gasteiger partial charge in [0.25, 0.3) is 0 Å². The fraction of sp³-hybridized carbons (Fsp3) is 0.238. The largest absolute Gasteiger partial charge is 0.482 e. The van der Waals surface area contributed by atoms with Crippen molar-refractivity contribution in [3.63, 3.8) is 0 Å². The Kier molecular flexibility index (Phi) is 4.60. The van der Waals surface area contributed by atoms with Crippen molar-refractivity contribution in [2.75, 3.05) is 6.61 Å². The molecule has 1 aromatic heterocycles. The maximum absolute atomic E-state index is 12.7. The summed E-state index contributed by atoms with van der Waals surface area (Å²) in [6, 6.07) is 12.8. The monoisotopic (exact) mass is 416 g/mol. The zero-order valence-corrected chi connectivity index (χ0v) is 17.1. The first-order chi connectivity index (χ1) is 13.3. The van der Waals surface area contributed by atoms with Gasteiger partial charge in [0.05, 0.1) is 28.6 Å². The van der Waals surface area contributed by atoms with Crippen molar-refractivity contribution in [2.24, 2.45) is 0 Å². The van der Waals surface area contributed by atoms with Gasteiger partial charge < -0.3 is 9.47 Å². The zero-order valence-electron chi connectivity index (χ0n) is 15.6. The van der Waals surface area contributed by atoms with E-state index in [-0.39, 0.29) is 12.3 Å². The first-order valence-electron chi connectivity index (χ1n) is 8.88. The minimum atomic E-state index is -0.789. The third-order valence-electron chi connectivity index (χ3n) is 4.60. The van der Waals surface area contributed by atoms with E-state index in [2.05, 4.69) is 5.10 Å². The molecule has 0 saturated carbocycles. The van der Waals surface area contributed by atoms with Crippen LogP contribution in [0.5, 0.6) is 5.75 Å². The van der Waals surface area contributed by atoms with E-state index < -0.39 is 11.6 Å². The summed E-state index contributed by atoms with van der Waals surface area (Å²) in [6.07, 6.45) is 0. The molecule has 0 saturated heterocycles. The van der Waals surface area contributed by atoms with Crippen LogP contribution in [0.3, 0.4) is 0 Å². The summed E-state index contributed by atoms with van der Waals surface area (Å²) in [7, 11) is 0. The van der Waals surface area contributed by atoms with Crippen molar-refractivity contribution in [1.82, 2.24) is 9.78 Å². The highest BCUT2D eigenvalue weighted by molar-refractivity contribution is 6.35. The number of rotatable bonds is 3. The second-order valence-electron chi connectivity index (χ2n) is 6.91. The van der Waals surface area contributed by atoms with Crippen molar-refractivity contribution in [3.8, 4) is 22.7 Å². The summed E-state index contributed by atoms with van der Waals surface area (Å²) in [6.45, 7) is 5.81. The van der Waals surface area contributed by atoms with Gasteiger partial charge >= 0.3 is 5.97 Å². The second-order valence-corrected chi connectivity index (χ2v) is 7.75. The fourth-order valence-corrected chi connectivity index (χ4v) is 3.97. The quantitative estimate of drug-likeness (QED) is 0.517. The molecule has 0 fully saturated rings. The molecule has 0 radical (unpaired) electrons. The number of para-hydroxylation sites is 1. The van der Waals surface area contributed by atoms with Gasteiger partial charge in [-0.1, -0.05) is 35.3 Å². The standard InChI is InChI=1S/C21H18Cl2N2O3/c1-4-27-20(26)18-17-19(13-7-5-6-8-16(13)28-21(17,2)3)25(24-18)15-10-9-12(22)11-14(15)23/h5-11H,4H2,1-3H3. The second kappa shape index (κ2) is 6.83. The molecule has 0 N–H and O–H groups in total. The van der Waals surface area contributed by atoms with E-state index in [4.69, 9.17) is 32.7 Å². The van der Waals surface area contributed by atoms with E-state index in [1.54, 1.807) is 29.8 Å². The molecule has 4 rings (SSSR count). The molecule has 0 spiro atoms. The summed E-state index contributed by atoms with van der Waals surface area (Å²) >= 11 is 12.5. The Morgan fingerprint density at radius 1 is 1.21 bits per heavy atom. The van der Waals surface area contributed by atoms with Crippen molar-refractivity contribution in [1.29, 1.82) is 0 Å². The predicted octanol–water partition coefficient (Wildman–Crippen LogP) is 5.65. The molecule has 0 aliphatic carbocycles. The fourth-order valence-electron chi connectivity index (χ4n) is 3.48. The Morgan fingerprint density at radius 3 is 2.68 bits per heavy atom. The first kappa shape index (κ1) is 18.8. The SMILES string of the molecule is CCOC(=O)c1nn(-c2ccc(Cl)cc2Cl)c2c1C(C)(C)Oc1ccccc1-2. The van der Waals surface area contributed by atoms with Crippen LogP contribution in [-0.4, -0.2) is 22.4 Å². The van der Waals surface area contributed by atoms with Crippen LogP contribution in [0, 0.1) is 0 Å². The van der Waals surface area contributed by atoms with E-state index in [1.807, 2.05) is 38.1 Å². The third-order valence-corrected chi connectivity index (χ3v) is 5.14. The minimum absolute atomic E-state index is 0.211. The highest BCUT2D eigenvalue weighted by atomic mass is 35.5. The van der Waals surface area contributed by atoms with Crippen LogP contribution in [0.2, 0.25) is 10.0 Å². The smallest absolute Gasteiger partial charge is 0.359 e. The van der Waals surface area contributed by atoms with Crippen molar-refractivity contribution in [2.45, 2.75) is 26.4 Å². The summed E-state index contributed by atoms with van der Waals surface area (Å²) in [4.78, 5) is 12.7. The van der Waals surface area contributed by atoms with Gasteiger partial charge in [-0.25, -0.2) is 9.48 Å². The molecule has 0 amide bonds. The number of ether oxygens (including phenoxy) is 2. The number of halogens is 2. The lowest BCUT2D eigenvalue weighted by Crippen LogP contribution is -2.31. The van der Waals surface area contributed by atoms with Crippen molar-refractivity contribution in [3.05, 3.63) is 63.8 Å². The lowest BCUT2D eigenvalue weighted by atomic mass is 9.89. The number of aromatic nitrogens is 2. The van der Waals surface area contributed by atoms with Crippen LogP contribution in [-0.2, 0) is 10.3 Å². The zero-order chi connectivity index (χ0) is 20.1. The number of hydrogen-bond donors (Lipinski definition) is 0. The van der Waals surface area contributed by atoms with E-state index in [0.717, 1.165) is 11.3 Å². The normalized spacial score (nSPS) is 14.0. The molecule has 28 heavy (non-hydrogen) atoms. The molecule has 0 bridgehead atoms. The average Bonchev–Trinajstić information content (AvgIpc) is 3.03. The lowest BCUT2D eigenvalue weighted by molar-refractivity contribution is 0.0500. The highest BCUT2D eigenvalue weighted by Crippen LogP contribution is 2.47. The van der Waals surface area contributed by atoms with Crippen LogP contribution in [0.4, 0.5) is 0 Å². The Bertz CT molecular complexity index is 1090. The molecule has 1 aliphatic heterocycles. The maximum atomic E-state index is 12.7. The molecule has 2 aromatic carbocycles. The lowest BCUT2D eigenvalue weighted by Gasteiger charge is -2.33. The number of benzene rings is 2. The average molecular weight is 417 g/mol. The van der Waals surface area contributed by atoms with Gasteiger partial charge in [0.2, 0.25) is 0 Å². The van der Waals surface area contributed by atoms with Crippen molar-refractivity contribution >= 4 is 29.2 Å². The van der Waals surface area contributed by atoms with Gasteiger partial charge in [-0.2, -0.15) is 5.10 Å². The summed E-state index contributed by atoms with van der Waals surface area (Å²) < 4.78 is 13.1. The highest BCUT2D eigenvalue weighted by Gasteiger charge is 2.41. The number of esters is 1. The molecule has 7 heteroatoms. The Hall–Kier alpha value is -2.50. The number of hydrogen-bond acceptors (Lipinski definition) is 4. The Balaban J connectivity index is 2.08. The van der Waals surface area contributed by atoms with Gasteiger partial charge in [-0.05, 0) is 51.1 Å². The molecule has 1 aliphatic rings. The van der Waals surface area contributed by atoms with E-state index in [0.29, 0.717) is 27.0 Å². The van der Waals surface area contributed by atoms with Crippen LogP contribution in [0.15, 0.2) is 42.5 Å². The Labute approximate surface area is 172 Å². The molecule has 0 atom stereocenters. The summed E-state index contributed by atoms with van der Waals surface area (Å²) in [5, 5.41) is 5.54. The maximum Gasteiger partial charge on any atom is 0.359 e. The van der Waals surface area contributed by atoms with E-state index in [9.17, 15) is 4.79 Å². The topological polar surface area (TPSA) is 53.3 Å². The predicted molar refractivity (Wildman–Crippen MR) is 109 cm³/mol. The van der Waals surface area contributed by atoms with Crippen LogP contribution < -0.4 is 4.74 Å². The number of fused-ring (bicyclic) bond motifs is 3. The number of carbonyl (C=O) groups is 1. The van der Waals surface area contributed by atoms with E-state index in [1.165, 1.54) is 0 Å². The van der Waals surface area contributed by atoms with Crippen LogP contribution >= 0.6 is 23.2 Å². The molecule has 3 aromatic rings. The molecule has 144 valence electrons. The van der Waals surface area contributed by atoms with Gasteiger partial charge in [-0.15, -0.1) is 0 Å². The molecule has 0 unspecified atom stereocenters. The summed E-state index contributed by atoms with van der Waals surface area (Å²) in [5.74, 6) is 0.209. The molecule has 2 heterocycles. The van der Waals surface area contributed by atoms with Gasteiger partial charge in [-0.3, -0.25) is 0 Å². The van der Waals surface area contributed by atoms with Crippen LogP contribution in [0.25, 0.3) is 16.9 Å². The van der Waals surface area contributed by atoms with Gasteiger partial charge in [0, 0.05) is 10.6 Å². The Morgan fingerprint density at radius 2 is 1.96 bits per heavy atom. The van der Waals surface area contributed by atoms with E-state index >= 15 is 0 Å². The minimum Gasteiger partial charge on any atom is -0.482 e. The van der Waals surface area contributed by atoms with Gasteiger partial charge in [0.15, 0.2) is 5.69 Å². The third kappa shape index (κ3) is 2.95. The summed E-state index contributed by atoms with van der Waals surface area (Å²) in [5.41, 5.74) is 2.27. The molecule has 5 nitrogen and oxygen atoms in total.